The average Bonchev–Trinajstić information content (AvgIpc) is 2.51. The minimum atomic E-state index is -2.39. The Labute approximate surface area is 144 Å². The van der Waals surface area contributed by atoms with Crippen LogP contribution in [0.15, 0.2) is 0 Å². The fraction of sp³-hybridized carbons (Fsp3) is 0.833. The van der Waals surface area contributed by atoms with Crippen molar-refractivity contribution in [3.8, 4) is 0 Å². The van der Waals surface area contributed by atoms with E-state index in [9.17, 15) is 9.13 Å². The number of thiocarbonyl (C=S) groups is 2. The summed E-state index contributed by atoms with van der Waals surface area (Å²) in [7, 11) is -4.78. The summed E-state index contributed by atoms with van der Waals surface area (Å²) < 4.78 is 24.4. The van der Waals surface area contributed by atoms with Gasteiger partial charge in [-0.3, -0.25) is 0 Å². The van der Waals surface area contributed by atoms with Gasteiger partial charge in [-0.15, -0.1) is 0 Å². The maximum atomic E-state index is 12.2. The lowest BCUT2D eigenvalue weighted by Gasteiger charge is -2.20. The molecule has 22 heavy (non-hydrogen) atoms. The van der Waals surface area contributed by atoms with Crippen LogP contribution in [0.5, 0.6) is 0 Å². The van der Waals surface area contributed by atoms with Gasteiger partial charge in [-0.2, -0.15) is 0 Å². The second kappa shape index (κ2) is 10.6. The molecule has 0 aromatic rings. The molecule has 0 rings (SSSR count). The van der Waals surface area contributed by atoms with Crippen molar-refractivity contribution in [3.63, 3.8) is 0 Å². The van der Waals surface area contributed by atoms with Crippen LogP contribution in [0.2, 0.25) is 0 Å². The Morgan fingerprint density at radius 2 is 1.00 bits per heavy atom. The smallest absolute Gasteiger partial charge is 0.171 e. The SMILES string of the molecule is CCP(=O)(CC)NC(=S)NCCNC(=S)NP(=O)(CC)CC. The van der Waals surface area contributed by atoms with E-state index in [2.05, 4.69) is 20.8 Å². The van der Waals surface area contributed by atoms with Crippen LogP contribution in [0.4, 0.5) is 0 Å². The van der Waals surface area contributed by atoms with Crippen LogP contribution in [0, 0.1) is 0 Å². The Hall–Kier alpha value is -0.160. The quantitative estimate of drug-likeness (QED) is 0.273. The van der Waals surface area contributed by atoms with Crippen molar-refractivity contribution < 1.29 is 9.13 Å². The Kier molecular flexibility index (Phi) is 10.5. The van der Waals surface area contributed by atoms with Gasteiger partial charge in [-0.1, -0.05) is 27.7 Å². The van der Waals surface area contributed by atoms with Crippen molar-refractivity contribution in [2.45, 2.75) is 27.7 Å². The van der Waals surface area contributed by atoms with Gasteiger partial charge in [0.25, 0.3) is 0 Å². The molecular weight excluding hydrogens is 358 g/mol. The van der Waals surface area contributed by atoms with Crippen LogP contribution in [0.1, 0.15) is 27.7 Å². The lowest BCUT2D eigenvalue weighted by atomic mass is 10.6. The molecular formula is C12H28N4O2P2S2. The Morgan fingerprint density at radius 3 is 1.23 bits per heavy atom. The Morgan fingerprint density at radius 1 is 0.727 bits per heavy atom. The normalized spacial score (nSPS) is 11.6. The molecule has 0 aliphatic carbocycles. The number of hydrogen-bond acceptors (Lipinski definition) is 4. The van der Waals surface area contributed by atoms with Crippen LogP contribution in [-0.2, 0) is 9.13 Å². The number of hydrogen-bond donors (Lipinski definition) is 4. The highest BCUT2D eigenvalue weighted by atomic mass is 32.1. The average molecular weight is 386 g/mol. The molecule has 0 aliphatic rings. The molecule has 0 amide bonds. The number of nitrogens with one attached hydrogen (secondary N) is 4. The van der Waals surface area contributed by atoms with Gasteiger partial charge in [-0.05, 0) is 24.4 Å². The molecule has 4 N–H and O–H groups in total. The van der Waals surface area contributed by atoms with Crippen molar-refractivity contribution in [3.05, 3.63) is 0 Å². The number of rotatable bonds is 9. The minimum Gasteiger partial charge on any atom is -0.361 e. The molecule has 0 spiro atoms. The molecule has 10 heteroatoms. The minimum absolute atomic E-state index is 0.389. The highest BCUT2D eigenvalue weighted by molar-refractivity contribution is 7.81. The molecule has 0 atom stereocenters. The lowest BCUT2D eigenvalue weighted by Crippen LogP contribution is -2.41. The summed E-state index contributed by atoms with van der Waals surface area (Å²) in [6, 6.07) is 0. The second-order valence-electron chi connectivity index (χ2n) is 4.78. The first-order valence-corrected chi connectivity index (χ1v) is 12.5. The molecule has 130 valence electrons. The lowest BCUT2D eigenvalue weighted by molar-refractivity contribution is 0.571. The molecule has 0 aliphatic heterocycles. The fourth-order valence-electron chi connectivity index (χ4n) is 1.56. The van der Waals surface area contributed by atoms with Crippen LogP contribution < -0.4 is 20.8 Å². The van der Waals surface area contributed by atoms with E-state index in [0.29, 0.717) is 48.0 Å². The maximum Gasteiger partial charge on any atom is 0.171 e. The van der Waals surface area contributed by atoms with E-state index < -0.39 is 14.6 Å². The second-order valence-corrected chi connectivity index (χ2v) is 12.1. The summed E-state index contributed by atoms with van der Waals surface area (Å²) in [5.74, 6) is 0. The van der Waals surface area contributed by atoms with E-state index in [1.165, 1.54) is 0 Å². The predicted octanol–water partition coefficient (Wildman–Crippen LogP) is 2.55. The third-order valence-corrected chi connectivity index (χ3v) is 9.49. The predicted molar refractivity (Wildman–Crippen MR) is 105 cm³/mol. The molecule has 0 aromatic carbocycles. The van der Waals surface area contributed by atoms with Gasteiger partial charge in [0.05, 0.1) is 0 Å². The summed E-state index contributed by atoms with van der Waals surface area (Å²) in [5, 5.41) is 12.5. The summed E-state index contributed by atoms with van der Waals surface area (Å²) >= 11 is 10.2. The van der Waals surface area contributed by atoms with Gasteiger partial charge in [0, 0.05) is 37.7 Å². The molecule has 0 aromatic heterocycles. The highest BCUT2D eigenvalue weighted by Crippen LogP contribution is 2.39. The van der Waals surface area contributed by atoms with Gasteiger partial charge in [0.2, 0.25) is 0 Å². The topological polar surface area (TPSA) is 82.3 Å². The van der Waals surface area contributed by atoms with Crippen molar-refractivity contribution in [2.24, 2.45) is 0 Å². The van der Waals surface area contributed by atoms with E-state index in [1.54, 1.807) is 0 Å². The zero-order valence-corrected chi connectivity index (χ0v) is 17.2. The highest BCUT2D eigenvalue weighted by Gasteiger charge is 2.18. The zero-order chi connectivity index (χ0) is 17.2. The Bertz CT molecular complexity index is 416. The third-order valence-electron chi connectivity index (χ3n) is 3.35. The van der Waals surface area contributed by atoms with Crippen LogP contribution in [-0.4, -0.2) is 48.0 Å². The van der Waals surface area contributed by atoms with Gasteiger partial charge >= 0.3 is 0 Å². The molecule has 6 nitrogen and oxygen atoms in total. The van der Waals surface area contributed by atoms with E-state index in [4.69, 9.17) is 24.4 Å². The molecule has 0 saturated heterocycles. The zero-order valence-electron chi connectivity index (χ0n) is 13.8. The van der Waals surface area contributed by atoms with Crippen molar-refractivity contribution in [2.75, 3.05) is 37.7 Å². The fourth-order valence-corrected chi connectivity index (χ4v) is 5.19. The Balaban J connectivity index is 4.03. The molecule has 0 bridgehead atoms. The van der Waals surface area contributed by atoms with Gasteiger partial charge in [0.15, 0.2) is 24.8 Å². The first-order chi connectivity index (χ1) is 10.2. The molecule has 0 saturated carbocycles. The first kappa shape index (κ1) is 21.8. The van der Waals surface area contributed by atoms with Gasteiger partial charge in [-0.25, -0.2) is 0 Å². The first-order valence-electron chi connectivity index (χ1n) is 7.52. The third kappa shape index (κ3) is 8.47. The standard InChI is InChI=1S/C12H28N4O2P2S2/c1-5-19(17,6-2)15-11(21)13-9-10-14-12(22)16-20(18,7-3)8-4/h5-10H2,1-4H3,(H2,13,15,17,21)(H2,14,16,18,22). The molecule has 0 fully saturated rings. The van der Waals surface area contributed by atoms with Gasteiger partial charge in [0.1, 0.15) is 0 Å². The summed E-state index contributed by atoms with van der Waals surface area (Å²) in [6.45, 7) is 8.58. The summed E-state index contributed by atoms with van der Waals surface area (Å²) in [5.41, 5.74) is 0. The largest absolute Gasteiger partial charge is 0.361 e. The van der Waals surface area contributed by atoms with E-state index in [-0.39, 0.29) is 0 Å². The van der Waals surface area contributed by atoms with E-state index in [0.717, 1.165) is 0 Å². The van der Waals surface area contributed by atoms with Crippen molar-refractivity contribution in [1.29, 1.82) is 0 Å². The molecule has 0 unspecified atom stereocenters. The summed E-state index contributed by atoms with van der Waals surface area (Å²) in [4.78, 5) is 0. The molecule has 0 heterocycles. The van der Waals surface area contributed by atoms with Crippen molar-refractivity contribution in [1.82, 2.24) is 20.8 Å². The van der Waals surface area contributed by atoms with Crippen molar-refractivity contribution >= 4 is 49.2 Å². The van der Waals surface area contributed by atoms with E-state index in [1.807, 2.05) is 27.7 Å². The van der Waals surface area contributed by atoms with Crippen LogP contribution in [0.25, 0.3) is 0 Å². The van der Waals surface area contributed by atoms with Crippen LogP contribution in [0.3, 0.4) is 0 Å². The maximum absolute atomic E-state index is 12.2. The summed E-state index contributed by atoms with van der Waals surface area (Å²) in [6.07, 6.45) is 2.28. The monoisotopic (exact) mass is 386 g/mol. The van der Waals surface area contributed by atoms with E-state index >= 15 is 0 Å². The van der Waals surface area contributed by atoms with Gasteiger partial charge < -0.3 is 29.9 Å². The van der Waals surface area contributed by atoms with Crippen LogP contribution >= 0.6 is 39.0 Å². The molecule has 0 radical (unpaired) electrons.